The molecule has 0 fully saturated rings. The molecule has 0 atom stereocenters. The zero-order valence-corrected chi connectivity index (χ0v) is 12.8. The zero-order valence-electron chi connectivity index (χ0n) is 12.8. The van der Waals surface area contributed by atoms with Crippen molar-refractivity contribution in [3.8, 4) is 0 Å². The summed E-state index contributed by atoms with van der Waals surface area (Å²) in [4.78, 5) is 21.6. The van der Waals surface area contributed by atoms with E-state index >= 15 is 0 Å². The second-order valence-electron chi connectivity index (χ2n) is 4.71. The fourth-order valence-electron chi connectivity index (χ4n) is 1.60. The molecule has 0 aliphatic rings. The number of Topliss-reactive ketones (excluding diaryl/α,β-unsaturated/α-hetero) is 1. The third-order valence-corrected chi connectivity index (χ3v) is 2.76. The molecule has 3 nitrogen and oxygen atoms in total. The highest BCUT2D eigenvalue weighted by molar-refractivity contribution is 5.82. The first-order valence-electron chi connectivity index (χ1n) is 7.55. The first-order valence-corrected chi connectivity index (χ1v) is 7.55. The van der Waals surface area contributed by atoms with Crippen molar-refractivity contribution in [3.05, 3.63) is 48.6 Å². The fraction of sp³-hybridized carbons (Fsp3) is 0.444. The lowest BCUT2D eigenvalue weighted by Crippen LogP contribution is -2.02. The number of aliphatic carboxylic acids is 1. The molecule has 1 N–H and O–H groups in total. The van der Waals surface area contributed by atoms with Gasteiger partial charge in [0, 0.05) is 12.8 Å². The van der Waals surface area contributed by atoms with E-state index in [1.165, 1.54) is 0 Å². The number of hydrogen-bond acceptors (Lipinski definition) is 2. The van der Waals surface area contributed by atoms with Crippen LogP contribution in [0.15, 0.2) is 48.6 Å². The van der Waals surface area contributed by atoms with Crippen molar-refractivity contribution in [1.29, 1.82) is 0 Å². The van der Waals surface area contributed by atoms with E-state index in [1.54, 1.807) is 0 Å². The lowest BCUT2D eigenvalue weighted by atomic mass is 10.1. The highest BCUT2D eigenvalue weighted by Gasteiger charge is 2.04. The number of carboxylic acid groups (broad SMARTS) is 1. The number of carboxylic acids is 1. The molecule has 0 amide bonds. The predicted octanol–water partition coefficient (Wildman–Crippen LogP) is 4.62. The van der Waals surface area contributed by atoms with Crippen LogP contribution >= 0.6 is 0 Å². The number of allylic oxidation sites excluding steroid dienone is 8. The number of unbranched alkanes of at least 4 members (excludes halogenated alkanes) is 2. The fourth-order valence-corrected chi connectivity index (χ4v) is 1.60. The SMILES string of the molecule is CCC=CC=CC=CC=CCCCCC(=O)CCC(=O)O. The Kier molecular flexibility index (Phi) is 13.2. The first kappa shape index (κ1) is 19.1. The van der Waals surface area contributed by atoms with Crippen LogP contribution in [0.3, 0.4) is 0 Å². The molecule has 0 aliphatic carbocycles. The molecule has 0 aromatic heterocycles. The standard InChI is InChI=1S/C18H26O3/c1-2-3-4-5-6-7-8-9-10-11-12-13-14-17(19)15-16-18(20)21/h3-10H,2,11-16H2,1H3,(H,20,21). The number of carbonyl (C=O) groups is 2. The summed E-state index contributed by atoms with van der Waals surface area (Å²) in [5.74, 6) is -0.858. The number of ketones is 1. The van der Waals surface area contributed by atoms with Crippen LogP contribution in [0.2, 0.25) is 0 Å². The van der Waals surface area contributed by atoms with Crippen molar-refractivity contribution >= 4 is 11.8 Å². The van der Waals surface area contributed by atoms with E-state index in [1.807, 2.05) is 36.5 Å². The van der Waals surface area contributed by atoms with Crippen LogP contribution in [0.4, 0.5) is 0 Å². The van der Waals surface area contributed by atoms with E-state index in [0.29, 0.717) is 6.42 Å². The average molecular weight is 290 g/mol. The maximum atomic E-state index is 11.3. The van der Waals surface area contributed by atoms with Crippen LogP contribution in [-0.4, -0.2) is 16.9 Å². The molecule has 0 aromatic rings. The summed E-state index contributed by atoms with van der Waals surface area (Å²) >= 11 is 0. The molecule has 3 heteroatoms. The minimum Gasteiger partial charge on any atom is -0.481 e. The van der Waals surface area contributed by atoms with Crippen LogP contribution in [0.1, 0.15) is 51.9 Å². The Balaban J connectivity index is 3.53. The van der Waals surface area contributed by atoms with Gasteiger partial charge in [-0.3, -0.25) is 9.59 Å². The summed E-state index contributed by atoms with van der Waals surface area (Å²) in [6.45, 7) is 2.10. The largest absolute Gasteiger partial charge is 0.481 e. The predicted molar refractivity (Wildman–Crippen MR) is 87.2 cm³/mol. The molecule has 0 heterocycles. The second-order valence-corrected chi connectivity index (χ2v) is 4.71. The van der Waals surface area contributed by atoms with Crippen molar-refractivity contribution in [3.63, 3.8) is 0 Å². The van der Waals surface area contributed by atoms with Crippen LogP contribution in [-0.2, 0) is 9.59 Å². The van der Waals surface area contributed by atoms with E-state index in [9.17, 15) is 9.59 Å². The van der Waals surface area contributed by atoms with Gasteiger partial charge in [-0.2, -0.15) is 0 Å². The maximum absolute atomic E-state index is 11.3. The van der Waals surface area contributed by atoms with Crippen molar-refractivity contribution in [2.45, 2.75) is 51.9 Å². The van der Waals surface area contributed by atoms with Crippen molar-refractivity contribution < 1.29 is 14.7 Å². The Hall–Kier alpha value is -1.90. The molecule has 0 aromatic carbocycles. The summed E-state index contributed by atoms with van der Waals surface area (Å²) in [7, 11) is 0. The van der Waals surface area contributed by atoms with Gasteiger partial charge in [-0.05, 0) is 25.7 Å². The van der Waals surface area contributed by atoms with Crippen LogP contribution in [0.5, 0.6) is 0 Å². The quantitative estimate of drug-likeness (QED) is 0.421. The molecule has 116 valence electrons. The molecular weight excluding hydrogens is 264 g/mol. The van der Waals surface area contributed by atoms with Crippen LogP contribution < -0.4 is 0 Å². The monoisotopic (exact) mass is 290 g/mol. The Morgan fingerprint density at radius 2 is 1.43 bits per heavy atom. The molecule has 0 bridgehead atoms. The summed E-state index contributed by atoms with van der Waals surface area (Å²) in [5, 5.41) is 8.46. The average Bonchev–Trinajstić information content (AvgIpc) is 2.46. The van der Waals surface area contributed by atoms with E-state index in [-0.39, 0.29) is 18.6 Å². The lowest BCUT2D eigenvalue weighted by molar-refractivity contribution is -0.138. The van der Waals surface area contributed by atoms with Gasteiger partial charge in [-0.25, -0.2) is 0 Å². The van der Waals surface area contributed by atoms with E-state index in [4.69, 9.17) is 5.11 Å². The van der Waals surface area contributed by atoms with Gasteiger partial charge < -0.3 is 5.11 Å². The van der Waals surface area contributed by atoms with Crippen LogP contribution in [0.25, 0.3) is 0 Å². The number of rotatable bonds is 12. The normalized spacial score (nSPS) is 12.2. The van der Waals surface area contributed by atoms with Crippen molar-refractivity contribution in [2.75, 3.05) is 0 Å². The topological polar surface area (TPSA) is 54.4 Å². The van der Waals surface area contributed by atoms with Gasteiger partial charge in [0.2, 0.25) is 0 Å². The van der Waals surface area contributed by atoms with Crippen molar-refractivity contribution in [1.82, 2.24) is 0 Å². The molecule has 0 spiro atoms. The molecular formula is C18H26O3. The Morgan fingerprint density at radius 1 is 0.810 bits per heavy atom. The third-order valence-electron chi connectivity index (χ3n) is 2.76. The highest BCUT2D eigenvalue weighted by Crippen LogP contribution is 2.04. The van der Waals surface area contributed by atoms with E-state index in [2.05, 4.69) is 19.1 Å². The van der Waals surface area contributed by atoms with Gasteiger partial charge in [-0.15, -0.1) is 0 Å². The van der Waals surface area contributed by atoms with Gasteiger partial charge in [0.05, 0.1) is 6.42 Å². The van der Waals surface area contributed by atoms with E-state index in [0.717, 1.165) is 25.7 Å². The summed E-state index contributed by atoms with van der Waals surface area (Å²) < 4.78 is 0. The van der Waals surface area contributed by atoms with E-state index < -0.39 is 5.97 Å². The first-order chi connectivity index (χ1) is 10.2. The number of carbonyl (C=O) groups excluding carboxylic acids is 1. The summed E-state index contributed by atoms with van der Waals surface area (Å²) in [6.07, 6.45) is 20.5. The smallest absolute Gasteiger partial charge is 0.303 e. The third kappa shape index (κ3) is 16.0. The second kappa shape index (κ2) is 14.5. The zero-order chi connectivity index (χ0) is 15.8. The molecule has 0 saturated carbocycles. The molecule has 0 rings (SSSR count). The van der Waals surface area contributed by atoms with Gasteiger partial charge in [0.25, 0.3) is 0 Å². The number of hydrogen-bond donors (Lipinski definition) is 1. The molecule has 0 aliphatic heterocycles. The molecule has 0 unspecified atom stereocenters. The Bertz CT molecular complexity index is 401. The van der Waals surface area contributed by atoms with Gasteiger partial charge in [0.1, 0.15) is 5.78 Å². The minimum atomic E-state index is -0.905. The van der Waals surface area contributed by atoms with Gasteiger partial charge in [-0.1, -0.05) is 55.5 Å². The minimum absolute atomic E-state index is 0.0477. The highest BCUT2D eigenvalue weighted by atomic mass is 16.4. The summed E-state index contributed by atoms with van der Waals surface area (Å²) in [6, 6.07) is 0. The molecule has 21 heavy (non-hydrogen) atoms. The van der Waals surface area contributed by atoms with Gasteiger partial charge >= 0.3 is 5.97 Å². The van der Waals surface area contributed by atoms with Crippen LogP contribution in [0, 0.1) is 0 Å². The molecule has 0 radical (unpaired) electrons. The maximum Gasteiger partial charge on any atom is 0.303 e. The Labute approximate surface area is 127 Å². The lowest BCUT2D eigenvalue weighted by Gasteiger charge is -1.97. The van der Waals surface area contributed by atoms with Gasteiger partial charge in [0.15, 0.2) is 0 Å². The molecule has 0 saturated heterocycles. The summed E-state index contributed by atoms with van der Waals surface area (Å²) in [5.41, 5.74) is 0. The van der Waals surface area contributed by atoms with Crippen molar-refractivity contribution in [2.24, 2.45) is 0 Å². The Morgan fingerprint density at radius 3 is 2.05 bits per heavy atom.